The summed E-state index contributed by atoms with van der Waals surface area (Å²) in [7, 11) is 0. The van der Waals surface area contributed by atoms with Crippen LogP contribution in [0.2, 0.25) is 0 Å². The van der Waals surface area contributed by atoms with Gasteiger partial charge in [0.25, 0.3) is 0 Å². The Morgan fingerprint density at radius 1 is 1.00 bits per heavy atom. The Morgan fingerprint density at radius 2 is 1.73 bits per heavy atom. The van der Waals surface area contributed by atoms with Crippen molar-refractivity contribution >= 4 is 0 Å². The number of hydrogen-bond acceptors (Lipinski definition) is 2. The van der Waals surface area contributed by atoms with Crippen molar-refractivity contribution in [3.05, 3.63) is 53.4 Å². The second-order valence-corrected chi connectivity index (χ2v) is 8.10. The second-order valence-electron chi connectivity index (χ2n) is 8.10. The van der Waals surface area contributed by atoms with Gasteiger partial charge in [0.2, 0.25) is 5.82 Å². The third kappa shape index (κ3) is 4.58. The molecule has 2 unspecified atom stereocenters. The predicted octanol–water partition coefficient (Wildman–Crippen LogP) is 6.64. The monoisotopic (exact) mass is 426 g/mol. The molecule has 1 aromatic rings. The van der Waals surface area contributed by atoms with Crippen LogP contribution in [-0.2, 0) is 11.2 Å². The number of alkyl halides is 1. The summed E-state index contributed by atoms with van der Waals surface area (Å²) in [5.41, 5.74) is -0.904. The van der Waals surface area contributed by atoms with Gasteiger partial charge in [-0.05, 0) is 75.1 Å². The Kier molecular flexibility index (Phi) is 7.61. The van der Waals surface area contributed by atoms with Crippen molar-refractivity contribution in [2.24, 2.45) is 11.8 Å². The fourth-order valence-electron chi connectivity index (χ4n) is 4.80. The lowest BCUT2D eigenvalue weighted by Gasteiger charge is -2.44. The minimum atomic E-state index is -1.79. The maximum atomic E-state index is 14.8. The summed E-state index contributed by atoms with van der Waals surface area (Å²) in [4.78, 5) is 0. The molecular weight excluding hydrogens is 396 g/mol. The molecule has 0 bridgehead atoms. The van der Waals surface area contributed by atoms with Crippen molar-refractivity contribution < 1.29 is 27.0 Å². The summed E-state index contributed by atoms with van der Waals surface area (Å²) in [6.07, 6.45) is 6.79. The first-order chi connectivity index (χ1) is 14.4. The highest BCUT2D eigenvalue weighted by Crippen LogP contribution is 2.45. The van der Waals surface area contributed by atoms with E-state index >= 15 is 0 Å². The average Bonchev–Trinajstić information content (AvgIpc) is 2.75. The molecule has 0 heterocycles. The predicted molar refractivity (Wildman–Crippen MR) is 109 cm³/mol. The largest absolute Gasteiger partial charge is 0.491 e. The van der Waals surface area contributed by atoms with E-state index in [0.29, 0.717) is 37.4 Å². The molecule has 1 aromatic carbocycles. The van der Waals surface area contributed by atoms with E-state index in [2.05, 4.69) is 0 Å². The van der Waals surface area contributed by atoms with Crippen LogP contribution in [0.15, 0.2) is 36.2 Å². The highest BCUT2D eigenvalue weighted by molar-refractivity contribution is 5.31. The molecule has 1 saturated carbocycles. The zero-order chi connectivity index (χ0) is 21.7. The van der Waals surface area contributed by atoms with E-state index in [1.165, 1.54) is 12.1 Å². The summed E-state index contributed by atoms with van der Waals surface area (Å²) >= 11 is 0. The molecule has 166 valence electrons. The van der Waals surface area contributed by atoms with Gasteiger partial charge in [-0.15, -0.1) is 0 Å². The highest BCUT2D eigenvalue weighted by Gasteiger charge is 2.49. The van der Waals surface area contributed by atoms with Crippen LogP contribution in [0.1, 0.15) is 51.5 Å². The molecule has 30 heavy (non-hydrogen) atoms. The van der Waals surface area contributed by atoms with Crippen LogP contribution in [-0.4, -0.2) is 25.0 Å². The van der Waals surface area contributed by atoms with Crippen LogP contribution in [0.4, 0.5) is 17.6 Å². The molecule has 2 nitrogen and oxygen atoms in total. The van der Waals surface area contributed by atoms with E-state index in [-0.39, 0.29) is 18.3 Å². The molecular formula is C24H30F4O2. The molecule has 0 spiro atoms. The van der Waals surface area contributed by atoms with Crippen molar-refractivity contribution in [2.45, 2.75) is 64.1 Å². The molecule has 2 aliphatic carbocycles. The molecule has 0 saturated heterocycles. The normalized spacial score (nSPS) is 29.0. The number of halogens is 4. The summed E-state index contributed by atoms with van der Waals surface area (Å²) in [6, 6.07) is 3.05. The number of hydrogen-bond donors (Lipinski definition) is 0. The van der Waals surface area contributed by atoms with Crippen LogP contribution in [0, 0.1) is 23.5 Å². The van der Waals surface area contributed by atoms with E-state index in [1.807, 2.05) is 0 Å². The van der Waals surface area contributed by atoms with Crippen LogP contribution < -0.4 is 4.74 Å². The molecule has 2 atom stereocenters. The van der Waals surface area contributed by atoms with Gasteiger partial charge in [0, 0.05) is 6.61 Å². The Balaban J connectivity index is 1.59. The van der Waals surface area contributed by atoms with Crippen LogP contribution >= 0.6 is 0 Å². The number of allylic oxidation sites excluding steroid dienone is 2. The highest BCUT2D eigenvalue weighted by atomic mass is 19.2. The van der Waals surface area contributed by atoms with E-state index in [0.717, 1.165) is 25.3 Å². The van der Waals surface area contributed by atoms with Gasteiger partial charge < -0.3 is 9.47 Å². The van der Waals surface area contributed by atoms with Crippen LogP contribution in [0.3, 0.4) is 0 Å². The van der Waals surface area contributed by atoms with E-state index in [9.17, 15) is 17.6 Å². The minimum absolute atomic E-state index is 0.0666. The zero-order valence-electron chi connectivity index (χ0n) is 17.6. The summed E-state index contributed by atoms with van der Waals surface area (Å²) in [5, 5.41) is 0. The first-order valence-electron chi connectivity index (χ1n) is 10.9. The molecule has 3 rings (SSSR count). The number of benzene rings is 1. The maximum Gasteiger partial charge on any atom is 0.200 e. The van der Waals surface area contributed by atoms with Crippen molar-refractivity contribution in [3.63, 3.8) is 0 Å². The lowest BCUT2D eigenvalue weighted by atomic mass is 9.69. The average molecular weight is 426 g/mol. The van der Waals surface area contributed by atoms with E-state index in [4.69, 9.17) is 9.47 Å². The fourth-order valence-corrected chi connectivity index (χ4v) is 4.80. The van der Waals surface area contributed by atoms with Crippen molar-refractivity contribution in [1.82, 2.24) is 0 Å². The van der Waals surface area contributed by atoms with Crippen molar-refractivity contribution in [3.8, 4) is 5.75 Å². The Morgan fingerprint density at radius 3 is 2.40 bits per heavy atom. The van der Waals surface area contributed by atoms with Gasteiger partial charge in [-0.1, -0.05) is 25.0 Å². The van der Waals surface area contributed by atoms with Crippen LogP contribution in [0.25, 0.3) is 0 Å². The molecule has 0 amide bonds. The zero-order valence-corrected chi connectivity index (χ0v) is 17.6. The quantitative estimate of drug-likeness (QED) is 0.434. The molecule has 1 fully saturated rings. The summed E-state index contributed by atoms with van der Waals surface area (Å²) in [5.74, 6) is -2.42. The molecule has 0 aromatic heterocycles. The lowest BCUT2D eigenvalue weighted by Crippen LogP contribution is -2.50. The first-order valence-corrected chi connectivity index (χ1v) is 10.9. The topological polar surface area (TPSA) is 18.5 Å². The molecule has 0 radical (unpaired) electrons. The third-order valence-electron chi connectivity index (χ3n) is 6.38. The summed E-state index contributed by atoms with van der Waals surface area (Å²) in [6.45, 7) is 4.09. The van der Waals surface area contributed by atoms with E-state index in [1.54, 1.807) is 26.0 Å². The van der Waals surface area contributed by atoms with Gasteiger partial charge in [0.15, 0.2) is 17.7 Å². The van der Waals surface area contributed by atoms with E-state index < -0.39 is 29.2 Å². The van der Waals surface area contributed by atoms with Crippen LogP contribution in [0.5, 0.6) is 5.75 Å². The maximum absolute atomic E-state index is 14.8. The number of ether oxygens (including phenoxy) is 2. The minimum Gasteiger partial charge on any atom is -0.491 e. The fraction of sp³-hybridized carbons (Fsp3) is 0.583. The third-order valence-corrected chi connectivity index (χ3v) is 6.38. The van der Waals surface area contributed by atoms with Gasteiger partial charge in [-0.25, -0.2) is 13.2 Å². The van der Waals surface area contributed by atoms with Crippen molar-refractivity contribution in [2.75, 3.05) is 13.2 Å². The molecule has 2 aliphatic rings. The number of rotatable bonds is 8. The van der Waals surface area contributed by atoms with Gasteiger partial charge in [0.05, 0.1) is 6.61 Å². The Labute approximate surface area is 175 Å². The van der Waals surface area contributed by atoms with Gasteiger partial charge >= 0.3 is 0 Å². The lowest BCUT2D eigenvalue weighted by molar-refractivity contribution is -0.102. The van der Waals surface area contributed by atoms with Crippen molar-refractivity contribution in [1.29, 1.82) is 0 Å². The van der Waals surface area contributed by atoms with Gasteiger partial charge in [-0.3, -0.25) is 0 Å². The molecule has 6 heteroatoms. The summed E-state index contributed by atoms with van der Waals surface area (Å²) < 4.78 is 68.0. The van der Waals surface area contributed by atoms with Gasteiger partial charge in [0.1, 0.15) is 11.4 Å². The molecule has 0 N–H and O–H groups in total. The standard InChI is InChI=1S/C24H30F4O2/c1-3-29-20-14-11-17(21(26)22(20)27)10-7-16-8-12-18(13-9-16)24(30-4-2)15-5-6-19(25)23(24)28/h5-6,11,14-16,18,23H,3-4,7-10,12-13H2,1-2H3/t16-,18-,23?,24?. The number of aryl methyl sites for hydroxylation is 1. The Bertz CT molecular complexity index is 784. The molecule has 0 aliphatic heterocycles. The van der Waals surface area contributed by atoms with Gasteiger partial charge in [-0.2, -0.15) is 4.39 Å². The SMILES string of the molecule is CCOc1ccc(CC[C@H]2CC[C@H](C3(OCC)C=CC=C(F)C3F)CC2)c(F)c1F. The first kappa shape index (κ1) is 22.9. The second kappa shape index (κ2) is 9.99. The Hall–Kier alpha value is -1.82. The smallest absolute Gasteiger partial charge is 0.200 e.